The molecular formula is C19H25N3O4. The molecule has 0 aliphatic carbocycles. The van der Waals surface area contributed by atoms with Crippen molar-refractivity contribution in [2.75, 3.05) is 10.6 Å². The van der Waals surface area contributed by atoms with Crippen molar-refractivity contribution in [1.29, 1.82) is 0 Å². The molecule has 0 aliphatic heterocycles. The van der Waals surface area contributed by atoms with E-state index in [0.717, 1.165) is 5.69 Å². The van der Waals surface area contributed by atoms with E-state index in [1.165, 1.54) is 29.8 Å². The zero-order valence-corrected chi connectivity index (χ0v) is 15.5. The second-order valence-electron chi connectivity index (χ2n) is 4.83. The summed E-state index contributed by atoms with van der Waals surface area (Å²) in [6, 6.07) is 13.3. The molecule has 0 saturated carbocycles. The lowest BCUT2D eigenvalue weighted by atomic mass is 10.2. The number of amides is 2. The lowest BCUT2D eigenvalue weighted by Gasteiger charge is -2.02. The molecule has 0 aliphatic rings. The van der Waals surface area contributed by atoms with E-state index in [9.17, 15) is 19.7 Å². The fourth-order valence-electron chi connectivity index (χ4n) is 1.63. The van der Waals surface area contributed by atoms with Gasteiger partial charge in [-0.1, -0.05) is 38.5 Å². The van der Waals surface area contributed by atoms with Crippen LogP contribution in [0.2, 0.25) is 0 Å². The van der Waals surface area contributed by atoms with Crippen LogP contribution in [0.3, 0.4) is 0 Å². The molecule has 0 fully saturated rings. The van der Waals surface area contributed by atoms with Crippen LogP contribution >= 0.6 is 0 Å². The summed E-state index contributed by atoms with van der Waals surface area (Å²) < 4.78 is 0. The Morgan fingerprint density at radius 3 is 1.96 bits per heavy atom. The van der Waals surface area contributed by atoms with Crippen molar-refractivity contribution in [2.24, 2.45) is 0 Å². The lowest BCUT2D eigenvalue weighted by molar-refractivity contribution is -0.384. The Hall–Kier alpha value is -3.22. The Kier molecular flexibility index (Phi) is 11.5. The van der Waals surface area contributed by atoms with E-state index in [2.05, 4.69) is 10.6 Å². The molecule has 2 aromatic carbocycles. The molecule has 0 heterocycles. The van der Waals surface area contributed by atoms with Gasteiger partial charge in [0, 0.05) is 29.9 Å². The molecule has 0 atom stereocenters. The molecule has 0 saturated heterocycles. The maximum Gasteiger partial charge on any atom is 0.269 e. The summed E-state index contributed by atoms with van der Waals surface area (Å²) in [6.07, 6.45) is 1.04. The molecule has 2 amide bonds. The van der Waals surface area contributed by atoms with Crippen LogP contribution in [-0.2, 0) is 9.59 Å². The summed E-state index contributed by atoms with van der Waals surface area (Å²) in [5.41, 5.74) is 2.61. The molecule has 2 N–H and O–H groups in total. The first-order chi connectivity index (χ1) is 12.5. The number of nitro groups is 1. The van der Waals surface area contributed by atoms with Gasteiger partial charge in [-0.2, -0.15) is 0 Å². The second-order valence-corrected chi connectivity index (χ2v) is 4.83. The van der Waals surface area contributed by atoms with Crippen LogP contribution in [0, 0.1) is 17.0 Å². The van der Waals surface area contributed by atoms with Crippen LogP contribution in [0.25, 0.3) is 0 Å². The molecule has 2 aromatic rings. The number of aryl methyl sites for hydroxylation is 1. The number of rotatable bonds is 5. The fourth-order valence-corrected chi connectivity index (χ4v) is 1.63. The number of non-ortho nitro benzene ring substituents is 1. The summed E-state index contributed by atoms with van der Waals surface area (Å²) in [5.74, 6) is 0.0545. The van der Waals surface area contributed by atoms with Gasteiger partial charge in [0.25, 0.3) is 5.69 Å². The first-order valence-corrected chi connectivity index (χ1v) is 8.27. The minimum absolute atomic E-state index is 0.00597. The summed E-state index contributed by atoms with van der Waals surface area (Å²) in [5, 5.41) is 15.3. The number of hydrogen-bond acceptors (Lipinski definition) is 4. The molecule has 140 valence electrons. The number of carbonyl (C=O) groups is 2. The zero-order valence-electron chi connectivity index (χ0n) is 15.5. The summed E-state index contributed by atoms with van der Waals surface area (Å²) in [6.45, 7) is 7.86. The average Bonchev–Trinajstić information content (AvgIpc) is 2.66. The number of anilines is 2. The number of hydrogen-bond donors (Lipinski definition) is 2. The van der Waals surface area contributed by atoms with Gasteiger partial charge in [-0.25, -0.2) is 0 Å². The van der Waals surface area contributed by atoms with Crippen LogP contribution < -0.4 is 10.6 Å². The third-order valence-corrected chi connectivity index (χ3v) is 2.96. The lowest BCUT2D eigenvalue weighted by Crippen LogP contribution is -2.08. The number of nitrogens with zero attached hydrogens (tertiary/aromatic N) is 1. The van der Waals surface area contributed by atoms with Gasteiger partial charge in [0.2, 0.25) is 12.3 Å². The molecule has 0 unspecified atom stereocenters. The zero-order chi connectivity index (χ0) is 19.9. The first-order valence-electron chi connectivity index (χ1n) is 8.27. The minimum atomic E-state index is -0.495. The van der Waals surface area contributed by atoms with Crippen LogP contribution in [0.5, 0.6) is 0 Å². The molecule has 2 rings (SSSR count). The molecule has 7 nitrogen and oxygen atoms in total. The predicted molar refractivity (Wildman–Crippen MR) is 104 cm³/mol. The minimum Gasteiger partial charge on any atom is -0.329 e. The highest BCUT2D eigenvalue weighted by atomic mass is 16.6. The Morgan fingerprint density at radius 2 is 1.54 bits per heavy atom. The molecule has 0 spiro atoms. The van der Waals surface area contributed by atoms with E-state index >= 15 is 0 Å². The van der Waals surface area contributed by atoms with Crippen LogP contribution in [0.1, 0.15) is 32.8 Å². The van der Waals surface area contributed by atoms with Gasteiger partial charge in [0.05, 0.1) is 4.92 Å². The fraction of sp³-hybridized carbons (Fsp3) is 0.263. The maximum absolute atomic E-state index is 11.0. The van der Waals surface area contributed by atoms with Gasteiger partial charge >= 0.3 is 0 Å². The standard InChI is InChI=1S/C10H13NO.C7H6N2O3.C2H6/c1-3-10(12)11-9-6-4-8(2)5-7-9;10-5-8-6-1-3-7(4-2-6)9(11)12;1-2/h4-7H,3H2,1-2H3,(H,11,12);1-5H,(H,8,10);1-2H3. The van der Waals surface area contributed by atoms with E-state index in [1.807, 2.05) is 52.0 Å². The van der Waals surface area contributed by atoms with E-state index in [1.54, 1.807) is 0 Å². The van der Waals surface area contributed by atoms with Gasteiger partial charge in [-0.15, -0.1) is 0 Å². The van der Waals surface area contributed by atoms with Gasteiger partial charge < -0.3 is 10.6 Å². The predicted octanol–water partition coefficient (Wildman–Crippen LogP) is 4.53. The van der Waals surface area contributed by atoms with Crippen LogP contribution in [0.15, 0.2) is 48.5 Å². The molecule has 26 heavy (non-hydrogen) atoms. The summed E-state index contributed by atoms with van der Waals surface area (Å²) in [4.78, 5) is 30.6. The quantitative estimate of drug-likeness (QED) is 0.465. The highest BCUT2D eigenvalue weighted by molar-refractivity contribution is 5.90. The van der Waals surface area contributed by atoms with E-state index in [4.69, 9.17) is 0 Å². The third kappa shape index (κ3) is 9.17. The smallest absolute Gasteiger partial charge is 0.269 e. The summed E-state index contributed by atoms with van der Waals surface area (Å²) in [7, 11) is 0. The summed E-state index contributed by atoms with van der Waals surface area (Å²) >= 11 is 0. The van der Waals surface area contributed by atoms with Crippen LogP contribution in [0.4, 0.5) is 17.1 Å². The van der Waals surface area contributed by atoms with Crippen molar-refractivity contribution < 1.29 is 14.5 Å². The molecule has 0 radical (unpaired) electrons. The largest absolute Gasteiger partial charge is 0.329 e. The van der Waals surface area contributed by atoms with Gasteiger partial charge in [-0.3, -0.25) is 19.7 Å². The molecule has 0 aromatic heterocycles. The average molecular weight is 359 g/mol. The highest BCUT2D eigenvalue weighted by Gasteiger charge is 2.02. The molecule has 7 heteroatoms. The topological polar surface area (TPSA) is 101 Å². The van der Waals surface area contributed by atoms with Crippen molar-refractivity contribution in [2.45, 2.75) is 34.1 Å². The van der Waals surface area contributed by atoms with Crippen molar-refractivity contribution in [3.8, 4) is 0 Å². The van der Waals surface area contributed by atoms with Crippen molar-refractivity contribution in [1.82, 2.24) is 0 Å². The number of benzene rings is 2. The van der Waals surface area contributed by atoms with Crippen molar-refractivity contribution in [3.05, 3.63) is 64.2 Å². The number of carbonyl (C=O) groups excluding carboxylic acids is 2. The van der Waals surface area contributed by atoms with Gasteiger partial charge in [0.15, 0.2) is 0 Å². The Labute approximate surface area is 153 Å². The van der Waals surface area contributed by atoms with Gasteiger partial charge in [0.1, 0.15) is 0 Å². The van der Waals surface area contributed by atoms with E-state index in [0.29, 0.717) is 18.5 Å². The maximum atomic E-state index is 11.0. The monoisotopic (exact) mass is 359 g/mol. The highest BCUT2D eigenvalue weighted by Crippen LogP contribution is 2.14. The number of nitro benzene ring substituents is 1. The second kappa shape index (κ2) is 13.1. The van der Waals surface area contributed by atoms with E-state index in [-0.39, 0.29) is 11.6 Å². The van der Waals surface area contributed by atoms with Crippen molar-refractivity contribution >= 4 is 29.4 Å². The van der Waals surface area contributed by atoms with Crippen LogP contribution in [-0.4, -0.2) is 17.2 Å². The third-order valence-electron chi connectivity index (χ3n) is 2.96. The Balaban J connectivity index is 0.000000439. The van der Waals surface area contributed by atoms with Gasteiger partial charge in [-0.05, 0) is 31.2 Å². The normalized spacial score (nSPS) is 8.77. The van der Waals surface area contributed by atoms with E-state index < -0.39 is 4.92 Å². The molecule has 0 bridgehead atoms. The Bertz CT molecular complexity index is 683. The van der Waals surface area contributed by atoms with Crippen molar-refractivity contribution in [3.63, 3.8) is 0 Å². The number of nitrogens with one attached hydrogen (secondary N) is 2. The molecular weight excluding hydrogens is 334 g/mol. The first kappa shape index (κ1) is 22.8. The Morgan fingerprint density at radius 1 is 1.04 bits per heavy atom. The SMILES string of the molecule is CC.CCC(=O)Nc1ccc(C)cc1.O=CNc1ccc([N+](=O)[O-])cc1.